The number of hydrogen-bond donors (Lipinski definition) is 3. The average molecular weight is 815 g/mol. The molecule has 3 atom stereocenters. The molecule has 0 fully saturated rings. The highest BCUT2D eigenvalue weighted by Crippen LogP contribution is 2.43. The van der Waals surface area contributed by atoms with E-state index >= 15 is 0 Å². The molecule has 330 valence electrons. The molecule has 0 aliphatic heterocycles. The molecular weight excluding hydrogens is 727 g/mol. The zero-order valence-electron chi connectivity index (χ0n) is 36.1. The van der Waals surface area contributed by atoms with Crippen LogP contribution in [0.3, 0.4) is 0 Å². The van der Waals surface area contributed by atoms with Crippen molar-refractivity contribution < 1.29 is 43.0 Å². The first-order chi connectivity index (χ1) is 27.3. The van der Waals surface area contributed by atoms with Crippen molar-refractivity contribution >= 4 is 13.8 Å². The van der Waals surface area contributed by atoms with E-state index in [2.05, 4.69) is 50.3 Å². The maximum Gasteiger partial charge on any atom is 0.472 e. The summed E-state index contributed by atoms with van der Waals surface area (Å²) in [7, 11) is -4.52. The summed E-state index contributed by atoms with van der Waals surface area (Å²) in [6, 6.07) is 0. The van der Waals surface area contributed by atoms with Crippen molar-refractivity contribution in [3.63, 3.8) is 0 Å². The van der Waals surface area contributed by atoms with Crippen molar-refractivity contribution in [2.24, 2.45) is 0 Å². The van der Waals surface area contributed by atoms with Gasteiger partial charge in [-0.1, -0.05) is 166 Å². The molecule has 0 aliphatic carbocycles. The third-order valence-electron chi connectivity index (χ3n) is 9.80. The second kappa shape index (κ2) is 43.3. The molecule has 0 bridgehead atoms. The van der Waals surface area contributed by atoms with Gasteiger partial charge in [0.05, 0.1) is 26.4 Å². The van der Waals surface area contributed by atoms with Gasteiger partial charge < -0.3 is 24.6 Å². The van der Waals surface area contributed by atoms with Crippen molar-refractivity contribution in [1.82, 2.24) is 0 Å². The standard InChI is InChI=1S/C46H87O9P/c1-3-5-7-9-11-13-15-17-19-21-23-25-27-29-31-33-35-37-39-52-42-45(43-54-56(50,51)53-41-44(48)40-47)55-46(49)38-36-34-32-30-28-26-24-22-20-18-16-14-12-10-8-6-4-2/h11,13,17-20,44-45,47-48H,3-10,12,14-16,21-43H2,1-2H3,(H,50,51)/b13-11-,19-17-,20-18-. The number of unbranched alkanes of at least 4 members (excludes halogenated alkanes) is 24. The third kappa shape index (κ3) is 42.3. The van der Waals surface area contributed by atoms with Crippen LogP contribution >= 0.6 is 7.82 Å². The molecule has 0 amide bonds. The van der Waals surface area contributed by atoms with E-state index in [1.807, 2.05) is 0 Å². The van der Waals surface area contributed by atoms with Crippen molar-refractivity contribution in [1.29, 1.82) is 0 Å². The minimum atomic E-state index is -4.52. The topological polar surface area (TPSA) is 132 Å². The van der Waals surface area contributed by atoms with Gasteiger partial charge >= 0.3 is 13.8 Å². The van der Waals surface area contributed by atoms with Gasteiger partial charge in [-0.15, -0.1) is 0 Å². The Bertz CT molecular complexity index is 970. The predicted octanol–water partition coefficient (Wildman–Crippen LogP) is 12.8. The van der Waals surface area contributed by atoms with Crippen LogP contribution in [0.15, 0.2) is 36.5 Å². The zero-order valence-corrected chi connectivity index (χ0v) is 37.0. The van der Waals surface area contributed by atoms with Crippen LogP contribution in [-0.2, 0) is 27.9 Å². The zero-order chi connectivity index (χ0) is 41.1. The molecule has 0 spiro atoms. The molecule has 0 heterocycles. The molecule has 0 aliphatic rings. The number of ether oxygens (including phenoxy) is 2. The minimum Gasteiger partial charge on any atom is -0.457 e. The number of phosphoric acid groups is 1. The molecule has 0 rings (SSSR count). The van der Waals surface area contributed by atoms with Gasteiger partial charge in [0.15, 0.2) is 0 Å². The summed E-state index contributed by atoms with van der Waals surface area (Å²) in [5.41, 5.74) is 0. The van der Waals surface area contributed by atoms with Crippen molar-refractivity contribution in [2.45, 2.75) is 219 Å². The Morgan fingerprint density at radius 3 is 1.48 bits per heavy atom. The van der Waals surface area contributed by atoms with Gasteiger partial charge in [0.2, 0.25) is 0 Å². The van der Waals surface area contributed by atoms with Crippen molar-refractivity contribution in [2.75, 3.05) is 33.0 Å². The Labute approximate surface area is 344 Å². The summed E-state index contributed by atoms with van der Waals surface area (Å²) in [5, 5.41) is 18.4. The molecule has 0 aromatic rings. The summed E-state index contributed by atoms with van der Waals surface area (Å²) in [6.45, 7) is 3.49. The van der Waals surface area contributed by atoms with Crippen LogP contribution in [0.4, 0.5) is 0 Å². The molecule has 3 unspecified atom stereocenters. The number of allylic oxidation sites excluding steroid dienone is 6. The number of esters is 1. The van der Waals surface area contributed by atoms with Gasteiger partial charge in [-0.05, 0) is 70.6 Å². The van der Waals surface area contributed by atoms with Crippen LogP contribution in [0.2, 0.25) is 0 Å². The Kier molecular flexibility index (Phi) is 42.2. The van der Waals surface area contributed by atoms with E-state index in [1.165, 1.54) is 122 Å². The fraction of sp³-hybridized carbons (Fsp3) is 0.848. The summed E-state index contributed by atoms with van der Waals surface area (Å²) in [6.07, 6.45) is 46.7. The first-order valence-electron chi connectivity index (χ1n) is 23.0. The second-order valence-corrected chi connectivity index (χ2v) is 16.9. The molecule has 3 N–H and O–H groups in total. The van der Waals surface area contributed by atoms with E-state index in [9.17, 15) is 19.4 Å². The van der Waals surface area contributed by atoms with Gasteiger partial charge in [0.25, 0.3) is 0 Å². The van der Waals surface area contributed by atoms with E-state index in [0.717, 1.165) is 64.2 Å². The van der Waals surface area contributed by atoms with E-state index in [-0.39, 0.29) is 25.6 Å². The molecule has 9 nitrogen and oxygen atoms in total. The Balaban J connectivity index is 4.15. The maximum absolute atomic E-state index is 12.6. The van der Waals surface area contributed by atoms with Gasteiger partial charge in [0, 0.05) is 13.0 Å². The molecule has 0 saturated heterocycles. The smallest absolute Gasteiger partial charge is 0.457 e. The highest BCUT2D eigenvalue weighted by Gasteiger charge is 2.26. The quantitative estimate of drug-likeness (QED) is 0.0238. The Morgan fingerprint density at radius 2 is 0.964 bits per heavy atom. The lowest BCUT2D eigenvalue weighted by atomic mass is 10.1. The Hall–Kier alpha value is -1.32. The molecule has 0 radical (unpaired) electrons. The highest BCUT2D eigenvalue weighted by atomic mass is 31.2. The monoisotopic (exact) mass is 815 g/mol. The Morgan fingerprint density at radius 1 is 0.554 bits per heavy atom. The normalized spacial score (nSPS) is 14.3. The van der Waals surface area contributed by atoms with Crippen LogP contribution in [0, 0.1) is 0 Å². The van der Waals surface area contributed by atoms with Crippen LogP contribution in [-0.4, -0.2) is 66.3 Å². The van der Waals surface area contributed by atoms with Gasteiger partial charge in [0.1, 0.15) is 12.2 Å². The number of phosphoric ester groups is 1. The highest BCUT2D eigenvalue weighted by molar-refractivity contribution is 7.47. The fourth-order valence-electron chi connectivity index (χ4n) is 6.26. The fourth-order valence-corrected chi connectivity index (χ4v) is 7.05. The van der Waals surface area contributed by atoms with Crippen molar-refractivity contribution in [3.8, 4) is 0 Å². The molecule has 0 aromatic carbocycles. The molecule has 56 heavy (non-hydrogen) atoms. The number of hydrogen-bond acceptors (Lipinski definition) is 8. The maximum atomic E-state index is 12.6. The minimum absolute atomic E-state index is 0.0446. The lowest BCUT2D eigenvalue weighted by Gasteiger charge is -2.20. The molecule has 10 heteroatoms. The van der Waals surface area contributed by atoms with Gasteiger partial charge in [-0.3, -0.25) is 13.8 Å². The van der Waals surface area contributed by atoms with Gasteiger partial charge in [-0.2, -0.15) is 0 Å². The van der Waals surface area contributed by atoms with E-state index in [1.54, 1.807) is 0 Å². The lowest BCUT2D eigenvalue weighted by molar-refractivity contribution is -0.154. The van der Waals surface area contributed by atoms with E-state index in [4.69, 9.17) is 23.6 Å². The summed E-state index contributed by atoms with van der Waals surface area (Å²) in [5.74, 6) is -0.388. The van der Waals surface area contributed by atoms with Crippen LogP contribution in [0.1, 0.15) is 206 Å². The van der Waals surface area contributed by atoms with Crippen LogP contribution in [0.5, 0.6) is 0 Å². The number of carbonyl (C=O) groups excluding carboxylic acids is 1. The van der Waals surface area contributed by atoms with Crippen molar-refractivity contribution in [3.05, 3.63) is 36.5 Å². The van der Waals surface area contributed by atoms with Crippen LogP contribution in [0.25, 0.3) is 0 Å². The first kappa shape index (κ1) is 54.7. The van der Waals surface area contributed by atoms with E-state index in [0.29, 0.717) is 6.61 Å². The number of aliphatic hydroxyl groups excluding tert-OH is 2. The predicted molar refractivity (Wildman–Crippen MR) is 233 cm³/mol. The van der Waals surface area contributed by atoms with E-state index < -0.39 is 33.2 Å². The second-order valence-electron chi connectivity index (χ2n) is 15.4. The summed E-state index contributed by atoms with van der Waals surface area (Å²) >= 11 is 0. The van der Waals surface area contributed by atoms with Gasteiger partial charge in [-0.25, -0.2) is 4.57 Å². The first-order valence-corrected chi connectivity index (χ1v) is 24.5. The third-order valence-corrected chi connectivity index (χ3v) is 10.7. The number of rotatable bonds is 44. The largest absolute Gasteiger partial charge is 0.472 e. The summed E-state index contributed by atoms with van der Waals surface area (Å²) in [4.78, 5) is 22.6. The molecular formula is C46H87O9P. The number of carbonyl (C=O) groups is 1. The number of aliphatic hydroxyl groups is 2. The molecule has 0 saturated carbocycles. The SMILES string of the molecule is CCCCC/C=C\C/C=C\CCCCCCCCCCOCC(COP(=O)(O)OCC(O)CO)OC(=O)CCCCCCCCC/C=C\CCCCCCCC. The van der Waals surface area contributed by atoms with Crippen LogP contribution < -0.4 is 0 Å². The molecule has 0 aromatic heterocycles. The lowest BCUT2D eigenvalue weighted by Crippen LogP contribution is -2.29. The average Bonchev–Trinajstić information content (AvgIpc) is 3.19. The summed E-state index contributed by atoms with van der Waals surface area (Å²) < 4.78 is 33.4.